The average Bonchev–Trinajstić information content (AvgIpc) is 3.19. The Bertz CT molecular complexity index is 1090. The van der Waals surface area contributed by atoms with E-state index in [1.807, 2.05) is 19.9 Å². The summed E-state index contributed by atoms with van der Waals surface area (Å²) in [6.45, 7) is 4.41. The number of fused-ring (bicyclic) bond motifs is 1. The molecule has 0 atom stereocenters. The Labute approximate surface area is 198 Å². The normalized spacial score (nSPS) is 21.2. The van der Waals surface area contributed by atoms with Crippen LogP contribution in [0.5, 0.6) is 0 Å². The second kappa shape index (κ2) is 10.1. The highest BCUT2D eigenvalue weighted by molar-refractivity contribution is 6.36. The van der Waals surface area contributed by atoms with Crippen molar-refractivity contribution in [3.63, 3.8) is 0 Å². The molecule has 1 aliphatic heterocycles. The maximum absolute atomic E-state index is 14.9. The van der Waals surface area contributed by atoms with Gasteiger partial charge >= 0.3 is 0 Å². The highest BCUT2D eigenvalue weighted by atomic mass is 35.5. The molecule has 1 aromatic heterocycles. The molecule has 0 saturated heterocycles. The molecule has 178 valence electrons. The second-order valence-corrected chi connectivity index (χ2v) is 8.79. The Hall–Kier alpha value is -2.68. The number of halogens is 2. The first-order valence-corrected chi connectivity index (χ1v) is 10.9. The van der Waals surface area contributed by atoms with Crippen molar-refractivity contribution in [2.45, 2.75) is 45.6 Å². The van der Waals surface area contributed by atoms with Crippen molar-refractivity contribution in [2.75, 3.05) is 18.6 Å². The number of benzene rings is 1. The summed E-state index contributed by atoms with van der Waals surface area (Å²) >= 11 is 0. The van der Waals surface area contributed by atoms with Gasteiger partial charge in [-0.2, -0.15) is 0 Å². The number of hydroxylamine groups is 1. The molecule has 2 amide bonds. The summed E-state index contributed by atoms with van der Waals surface area (Å²) in [6, 6.07) is 4.92. The van der Waals surface area contributed by atoms with Crippen molar-refractivity contribution in [1.82, 2.24) is 10.5 Å². The van der Waals surface area contributed by atoms with Gasteiger partial charge in [0, 0.05) is 29.5 Å². The number of hydrogen-bond acceptors (Lipinski definition) is 4. The SMILES string of the molecule is CONC(=O)c1cc2c(cc1F)/C(=C/c1[nH]c(C)cc1C)C(=O)N2CC1CCC(N)CC1.Cl. The molecular formula is C24H30ClFN4O3. The fourth-order valence-corrected chi connectivity index (χ4v) is 4.69. The molecule has 0 spiro atoms. The summed E-state index contributed by atoms with van der Waals surface area (Å²) in [5.74, 6) is -1.29. The van der Waals surface area contributed by atoms with Gasteiger partial charge in [0.25, 0.3) is 11.8 Å². The van der Waals surface area contributed by atoms with E-state index in [1.54, 1.807) is 11.0 Å². The fourth-order valence-electron chi connectivity index (χ4n) is 4.69. The first-order valence-electron chi connectivity index (χ1n) is 10.9. The Morgan fingerprint density at radius 1 is 1.27 bits per heavy atom. The Morgan fingerprint density at radius 2 is 1.97 bits per heavy atom. The number of nitrogens with one attached hydrogen (secondary N) is 2. The van der Waals surface area contributed by atoms with Crippen LogP contribution in [-0.4, -0.2) is 36.5 Å². The second-order valence-electron chi connectivity index (χ2n) is 8.79. The van der Waals surface area contributed by atoms with Crippen molar-refractivity contribution in [3.05, 3.63) is 52.1 Å². The van der Waals surface area contributed by atoms with Gasteiger partial charge in [0.05, 0.1) is 23.9 Å². The number of rotatable bonds is 5. The van der Waals surface area contributed by atoms with Gasteiger partial charge in [-0.15, -0.1) is 12.4 Å². The zero-order chi connectivity index (χ0) is 23.0. The lowest BCUT2D eigenvalue weighted by Gasteiger charge is -2.30. The van der Waals surface area contributed by atoms with Gasteiger partial charge in [-0.3, -0.25) is 14.4 Å². The van der Waals surface area contributed by atoms with Crippen LogP contribution in [0.2, 0.25) is 0 Å². The molecule has 1 aromatic carbocycles. The molecule has 1 fully saturated rings. The minimum Gasteiger partial charge on any atom is -0.359 e. The maximum Gasteiger partial charge on any atom is 0.277 e. The van der Waals surface area contributed by atoms with Crippen molar-refractivity contribution in [3.8, 4) is 0 Å². The van der Waals surface area contributed by atoms with Crippen molar-refractivity contribution < 1.29 is 18.8 Å². The number of hydrogen-bond donors (Lipinski definition) is 3. The molecule has 0 unspecified atom stereocenters. The highest BCUT2D eigenvalue weighted by Gasteiger charge is 2.36. The summed E-state index contributed by atoms with van der Waals surface area (Å²) in [7, 11) is 1.29. The molecule has 4 rings (SSSR count). The van der Waals surface area contributed by atoms with Gasteiger partial charge < -0.3 is 15.6 Å². The molecule has 33 heavy (non-hydrogen) atoms. The van der Waals surface area contributed by atoms with E-state index in [4.69, 9.17) is 5.73 Å². The molecule has 7 nitrogen and oxygen atoms in total. The lowest BCUT2D eigenvalue weighted by atomic mass is 9.86. The molecular weight excluding hydrogens is 447 g/mol. The highest BCUT2D eigenvalue weighted by Crippen LogP contribution is 2.41. The quantitative estimate of drug-likeness (QED) is 0.450. The van der Waals surface area contributed by atoms with Gasteiger partial charge in [0.15, 0.2) is 0 Å². The van der Waals surface area contributed by atoms with Crippen molar-refractivity contribution >= 4 is 41.6 Å². The molecule has 9 heteroatoms. The first-order chi connectivity index (χ1) is 15.3. The molecule has 2 aliphatic rings. The largest absolute Gasteiger partial charge is 0.359 e. The molecule has 1 saturated carbocycles. The summed E-state index contributed by atoms with van der Waals surface area (Å²) < 4.78 is 14.9. The zero-order valence-electron chi connectivity index (χ0n) is 19.0. The predicted octanol–water partition coefficient (Wildman–Crippen LogP) is 3.89. The summed E-state index contributed by atoms with van der Waals surface area (Å²) in [5.41, 5.74) is 12.3. The smallest absolute Gasteiger partial charge is 0.277 e. The molecule has 2 heterocycles. The number of aryl methyl sites for hydroxylation is 2. The van der Waals surface area contributed by atoms with Crippen LogP contribution < -0.4 is 16.1 Å². The Morgan fingerprint density at radius 3 is 2.58 bits per heavy atom. The maximum atomic E-state index is 14.9. The number of amides is 2. The van der Waals surface area contributed by atoms with Gasteiger partial charge in [0.2, 0.25) is 0 Å². The van der Waals surface area contributed by atoms with E-state index in [2.05, 4.69) is 15.3 Å². The Kier molecular flexibility index (Phi) is 7.62. The average molecular weight is 477 g/mol. The topological polar surface area (TPSA) is 100 Å². The van der Waals surface area contributed by atoms with Crippen LogP contribution in [0.4, 0.5) is 10.1 Å². The lowest BCUT2D eigenvalue weighted by Crippen LogP contribution is -2.36. The zero-order valence-corrected chi connectivity index (χ0v) is 19.9. The van der Waals surface area contributed by atoms with E-state index >= 15 is 0 Å². The molecule has 0 radical (unpaired) electrons. The number of H-pyrrole nitrogens is 1. The van der Waals surface area contributed by atoms with Crippen LogP contribution in [0.1, 0.15) is 58.6 Å². The van der Waals surface area contributed by atoms with Crippen LogP contribution in [0.3, 0.4) is 0 Å². The number of nitrogens with two attached hydrogens (primary N) is 1. The van der Waals surface area contributed by atoms with Gasteiger partial charge in [-0.1, -0.05) is 0 Å². The number of anilines is 1. The Balaban J connectivity index is 0.00000306. The number of aromatic nitrogens is 1. The standard InChI is InChI=1S/C24H29FN4O3.ClH/c1-13-8-14(2)27-21(13)10-18-17-9-20(25)19(23(30)28-32-3)11-22(17)29(24(18)31)12-15-4-6-16(26)7-5-15;/h8-11,15-16,27H,4-7,12,26H2,1-3H3,(H,28,30);1H/b18-10-;. The van der Waals surface area contributed by atoms with Crippen LogP contribution in [0.25, 0.3) is 11.6 Å². The lowest BCUT2D eigenvalue weighted by molar-refractivity contribution is -0.113. The van der Waals surface area contributed by atoms with E-state index in [-0.39, 0.29) is 29.9 Å². The van der Waals surface area contributed by atoms with E-state index in [9.17, 15) is 14.0 Å². The van der Waals surface area contributed by atoms with Crippen LogP contribution in [0.15, 0.2) is 18.2 Å². The number of carbonyl (C=O) groups is 2. The fraction of sp³-hybridized carbons (Fsp3) is 0.417. The van der Waals surface area contributed by atoms with E-state index in [1.165, 1.54) is 19.2 Å². The first kappa shape index (κ1) is 25.0. The molecule has 0 bridgehead atoms. The monoisotopic (exact) mass is 476 g/mol. The third-order valence-corrected chi connectivity index (χ3v) is 6.39. The van der Waals surface area contributed by atoms with Crippen LogP contribution in [-0.2, 0) is 9.63 Å². The predicted molar refractivity (Wildman–Crippen MR) is 129 cm³/mol. The van der Waals surface area contributed by atoms with Crippen LogP contribution in [0, 0.1) is 25.6 Å². The third kappa shape index (κ3) is 4.98. The van der Waals surface area contributed by atoms with E-state index < -0.39 is 11.7 Å². The third-order valence-electron chi connectivity index (χ3n) is 6.39. The summed E-state index contributed by atoms with van der Waals surface area (Å²) in [4.78, 5) is 35.4. The minimum atomic E-state index is -0.707. The van der Waals surface area contributed by atoms with Crippen molar-refractivity contribution in [1.29, 1.82) is 0 Å². The van der Waals surface area contributed by atoms with Crippen LogP contribution >= 0.6 is 12.4 Å². The van der Waals surface area contributed by atoms with Gasteiger partial charge in [0.1, 0.15) is 5.82 Å². The van der Waals surface area contributed by atoms with E-state index in [0.29, 0.717) is 29.3 Å². The number of aromatic amines is 1. The van der Waals surface area contributed by atoms with Gasteiger partial charge in [-0.25, -0.2) is 9.87 Å². The minimum absolute atomic E-state index is 0. The number of nitrogens with zero attached hydrogens (tertiary/aromatic N) is 1. The molecule has 1 aliphatic carbocycles. The molecule has 4 N–H and O–H groups in total. The number of carbonyl (C=O) groups excluding carboxylic acids is 2. The van der Waals surface area contributed by atoms with E-state index in [0.717, 1.165) is 42.6 Å². The van der Waals surface area contributed by atoms with Gasteiger partial charge in [-0.05, 0) is 75.3 Å². The summed E-state index contributed by atoms with van der Waals surface area (Å²) in [6.07, 6.45) is 5.50. The summed E-state index contributed by atoms with van der Waals surface area (Å²) in [5, 5.41) is 0. The van der Waals surface area contributed by atoms with Crippen molar-refractivity contribution in [2.24, 2.45) is 11.7 Å². The molecule has 2 aromatic rings.